The molecule has 2 aliphatic heterocycles. The Labute approximate surface area is 165 Å². The number of benzene rings is 1. The summed E-state index contributed by atoms with van der Waals surface area (Å²) in [5.74, 6) is 1.63. The minimum absolute atomic E-state index is 0. The fourth-order valence-corrected chi connectivity index (χ4v) is 4.06. The first-order valence-corrected chi connectivity index (χ1v) is 8.95. The lowest BCUT2D eigenvalue weighted by molar-refractivity contribution is 0.0206. The van der Waals surface area contributed by atoms with Crippen LogP contribution in [0.1, 0.15) is 24.4 Å². The Morgan fingerprint density at radius 2 is 1.88 bits per heavy atom. The second kappa shape index (κ2) is 10.8. The first kappa shape index (κ1) is 22.0. The van der Waals surface area contributed by atoms with E-state index < -0.39 is 0 Å². The molecule has 2 fully saturated rings. The number of hydrogen-bond donors (Lipinski definition) is 1. The standard InChI is InChI=1S/C17H25BrN2O2.2ClH/c1-21-16-3-2-14(18)12-15(16)17(13-4-10-22-11-5-13)20-8-6-19-7-9-20;;/h2-3,12-13,17,19H,4-11H2,1H3;2*1H/t17-;;/m0../s1. The van der Waals surface area contributed by atoms with Gasteiger partial charge < -0.3 is 14.8 Å². The third-order valence-electron chi connectivity index (χ3n) is 4.77. The predicted octanol–water partition coefficient (Wildman–Crippen LogP) is 3.67. The lowest BCUT2D eigenvalue weighted by Gasteiger charge is -2.41. The summed E-state index contributed by atoms with van der Waals surface area (Å²) < 4.78 is 12.4. The zero-order chi connectivity index (χ0) is 15.4. The van der Waals surface area contributed by atoms with Crippen molar-refractivity contribution in [2.24, 2.45) is 5.92 Å². The highest BCUT2D eigenvalue weighted by Crippen LogP contribution is 2.40. The zero-order valence-electron chi connectivity index (χ0n) is 14.0. The van der Waals surface area contributed by atoms with E-state index in [0.717, 1.165) is 62.5 Å². The van der Waals surface area contributed by atoms with Gasteiger partial charge in [0, 0.05) is 55.5 Å². The van der Waals surface area contributed by atoms with Crippen LogP contribution in [0, 0.1) is 5.92 Å². The summed E-state index contributed by atoms with van der Waals surface area (Å²) in [4.78, 5) is 2.62. The fourth-order valence-electron chi connectivity index (χ4n) is 3.68. The van der Waals surface area contributed by atoms with Crippen molar-refractivity contribution >= 4 is 40.7 Å². The van der Waals surface area contributed by atoms with Gasteiger partial charge in [0.25, 0.3) is 0 Å². The molecule has 0 radical (unpaired) electrons. The lowest BCUT2D eigenvalue weighted by atomic mass is 9.85. The third kappa shape index (κ3) is 5.23. The molecule has 24 heavy (non-hydrogen) atoms. The van der Waals surface area contributed by atoms with Gasteiger partial charge in [-0.05, 0) is 37.0 Å². The molecule has 7 heteroatoms. The first-order valence-electron chi connectivity index (χ1n) is 8.15. The van der Waals surface area contributed by atoms with Crippen LogP contribution in [0.2, 0.25) is 0 Å². The summed E-state index contributed by atoms with van der Waals surface area (Å²) in [5.41, 5.74) is 1.31. The molecule has 1 atom stereocenters. The molecule has 0 unspecified atom stereocenters. The lowest BCUT2D eigenvalue weighted by Crippen LogP contribution is -2.47. The van der Waals surface area contributed by atoms with Gasteiger partial charge in [-0.1, -0.05) is 15.9 Å². The van der Waals surface area contributed by atoms with Crippen molar-refractivity contribution in [1.82, 2.24) is 10.2 Å². The zero-order valence-corrected chi connectivity index (χ0v) is 17.2. The number of piperazine rings is 1. The highest BCUT2D eigenvalue weighted by Gasteiger charge is 2.33. The minimum atomic E-state index is 0. The van der Waals surface area contributed by atoms with E-state index in [1.165, 1.54) is 5.56 Å². The van der Waals surface area contributed by atoms with Crippen molar-refractivity contribution in [1.29, 1.82) is 0 Å². The maximum atomic E-state index is 5.67. The molecule has 2 aliphatic rings. The smallest absolute Gasteiger partial charge is 0.123 e. The third-order valence-corrected chi connectivity index (χ3v) is 5.26. The molecule has 1 aromatic rings. The highest BCUT2D eigenvalue weighted by atomic mass is 79.9. The van der Waals surface area contributed by atoms with Gasteiger partial charge in [-0.15, -0.1) is 24.8 Å². The van der Waals surface area contributed by atoms with Crippen molar-refractivity contribution in [3.63, 3.8) is 0 Å². The molecule has 0 bridgehead atoms. The normalized spacial score (nSPS) is 20.6. The second-order valence-corrected chi connectivity index (χ2v) is 6.98. The summed E-state index contributed by atoms with van der Waals surface area (Å²) in [6, 6.07) is 6.79. The summed E-state index contributed by atoms with van der Waals surface area (Å²) in [5, 5.41) is 3.46. The summed E-state index contributed by atoms with van der Waals surface area (Å²) in [6.45, 7) is 6.08. The molecule has 3 rings (SSSR count). The minimum Gasteiger partial charge on any atom is -0.496 e. The fraction of sp³-hybridized carbons (Fsp3) is 0.647. The van der Waals surface area contributed by atoms with Crippen molar-refractivity contribution in [2.45, 2.75) is 18.9 Å². The van der Waals surface area contributed by atoms with E-state index in [0.29, 0.717) is 12.0 Å². The van der Waals surface area contributed by atoms with E-state index in [-0.39, 0.29) is 24.8 Å². The topological polar surface area (TPSA) is 33.7 Å². The molecule has 0 aromatic heterocycles. The van der Waals surface area contributed by atoms with Crippen molar-refractivity contribution in [2.75, 3.05) is 46.5 Å². The van der Waals surface area contributed by atoms with Crippen molar-refractivity contribution in [3.8, 4) is 5.75 Å². The number of ether oxygens (including phenoxy) is 2. The van der Waals surface area contributed by atoms with Gasteiger partial charge in [0.05, 0.1) is 7.11 Å². The predicted molar refractivity (Wildman–Crippen MR) is 106 cm³/mol. The Bertz CT molecular complexity index is 477. The Balaban J connectivity index is 0.00000144. The molecule has 2 heterocycles. The molecule has 1 aromatic carbocycles. The van der Waals surface area contributed by atoms with Crippen LogP contribution in [0.4, 0.5) is 0 Å². The summed E-state index contributed by atoms with van der Waals surface area (Å²) in [7, 11) is 1.77. The number of hydrogen-bond acceptors (Lipinski definition) is 4. The molecule has 0 saturated carbocycles. The number of rotatable bonds is 4. The van der Waals surface area contributed by atoms with E-state index in [1.54, 1.807) is 7.11 Å². The number of nitrogens with one attached hydrogen (secondary N) is 1. The van der Waals surface area contributed by atoms with Crippen LogP contribution in [0.3, 0.4) is 0 Å². The van der Waals surface area contributed by atoms with Crippen molar-refractivity contribution in [3.05, 3.63) is 28.2 Å². The first-order chi connectivity index (χ1) is 10.8. The number of nitrogens with zero attached hydrogens (tertiary/aromatic N) is 1. The van der Waals surface area contributed by atoms with Crippen LogP contribution in [0.5, 0.6) is 5.75 Å². The molecule has 1 N–H and O–H groups in total. The van der Waals surface area contributed by atoms with Crippen LogP contribution in [0.15, 0.2) is 22.7 Å². The van der Waals surface area contributed by atoms with Gasteiger partial charge in [-0.25, -0.2) is 0 Å². The van der Waals surface area contributed by atoms with E-state index in [4.69, 9.17) is 9.47 Å². The Hall–Kier alpha value is -0.0400. The Kier molecular flexibility index (Phi) is 9.94. The monoisotopic (exact) mass is 440 g/mol. The second-order valence-electron chi connectivity index (χ2n) is 6.07. The molecular weight excluding hydrogens is 415 g/mol. The van der Waals surface area contributed by atoms with E-state index >= 15 is 0 Å². The molecule has 0 amide bonds. The molecular formula is C17H27BrCl2N2O2. The maximum Gasteiger partial charge on any atom is 0.123 e. The Morgan fingerprint density at radius 1 is 1.21 bits per heavy atom. The van der Waals surface area contributed by atoms with Gasteiger partial charge >= 0.3 is 0 Å². The molecule has 4 nitrogen and oxygen atoms in total. The summed E-state index contributed by atoms with van der Waals surface area (Å²) in [6.07, 6.45) is 2.26. The summed E-state index contributed by atoms with van der Waals surface area (Å²) >= 11 is 3.63. The van der Waals surface area contributed by atoms with Gasteiger partial charge in [-0.2, -0.15) is 0 Å². The van der Waals surface area contributed by atoms with E-state index in [1.807, 2.05) is 0 Å². The SMILES string of the molecule is COc1ccc(Br)cc1[C@H](C1CCOCC1)N1CCNCC1.Cl.Cl. The van der Waals surface area contributed by atoms with E-state index in [2.05, 4.69) is 44.3 Å². The van der Waals surface area contributed by atoms with Crippen LogP contribution >= 0.6 is 40.7 Å². The van der Waals surface area contributed by atoms with Gasteiger partial charge in [0.15, 0.2) is 0 Å². The van der Waals surface area contributed by atoms with Crippen LogP contribution in [-0.2, 0) is 4.74 Å². The van der Waals surface area contributed by atoms with Gasteiger partial charge in [0.2, 0.25) is 0 Å². The average Bonchev–Trinajstić information content (AvgIpc) is 2.57. The molecule has 138 valence electrons. The van der Waals surface area contributed by atoms with Crippen LogP contribution < -0.4 is 10.1 Å². The largest absolute Gasteiger partial charge is 0.496 e. The molecule has 0 aliphatic carbocycles. The van der Waals surface area contributed by atoms with Gasteiger partial charge in [0.1, 0.15) is 5.75 Å². The maximum absolute atomic E-state index is 5.67. The van der Waals surface area contributed by atoms with Crippen molar-refractivity contribution < 1.29 is 9.47 Å². The Morgan fingerprint density at radius 3 is 2.50 bits per heavy atom. The molecule has 0 spiro atoms. The quantitative estimate of drug-likeness (QED) is 0.772. The van der Waals surface area contributed by atoms with Crippen LogP contribution in [0.25, 0.3) is 0 Å². The van der Waals surface area contributed by atoms with E-state index in [9.17, 15) is 0 Å². The molecule has 2 saturated heterocycles. The van der Waals surface area contributed by atoms with Crippen LogP contribution in [-0.4, -0.2) is 51.4 Å². The number of halogens is 3. The average molecular weight is 442 g/mol. The van der Waals surface area contributed by atoms with Gasteiger partial charge in [-0.3, -0.25) is 4.90 Å². The number of methoxy groups -OCH3 is 1. The highest BCUT2D eigenvalue weighted by molar-refractivity contribution is 9.10.